The molecule has 5 aromatic rings. The average molecular weight is 703 g/mol. The molecule has 0 aromatic heterocycles. The largest absolute Gasteiger partial charge is 0.457 e. The van der Waals surface area contributed by atoms with E-state index in [0.29, 0.717) is 22.1 Å². The Labute approximate surface area is 290 Å². The highest BCUT2D eigenvalue weighted by Crippen LogP contribution is 2.29. The van der Waals surface area contributed by atoms with E-state index in [2.05, 4.69) is 5.32 Å². The minimum absolute atomic E-state index is 0.00517. The Bertz CT molecular complexity index is 1950. The molecular formula is C37H33Cl2N3O5S. The smallest absolute Gasteiger partial charge is 0.264 e. The van der Waals surface area contributed by atoms with Crippen molar-refractivity contribution in [3.8, 4) is 11.5 Å². The van der Waals surface area contributed by atoms with Crippen molar-refractivity contribution in [3.05, 3.63) is 155 Å². The number of para-hydroxylation sites is 1. The van der Waals surface area contributed by atoms with Crippen molar-refractivity contribution >= 4 is 50.7 Å². The molecule has 1 unspecified atom stereocenters. The molecule has 246 valence electrons. The second-order valence-corrected chi connectivity index (χ2v) is 13.5. The zero-order valence-corrected chi connectivity index (χ0v) is 28.3. The van der Waals surface area contributed by atoms with Crippen molar-refractivity contribution < 1.29 is 22.7 Å². The highest BCUT2D eigenvalue weighted by atomic mass is 35.5. The van der Waals surface area contributed by atoms with Crippen LogP contribution in [0.5, 0.6) is 11.5 Å². The van der Waals surface area contributed by atoms with Gasteiger partial charge in [-0.05, 0) is 71.8 Å². The SMILES string of the molecule is CNC(=O)C(Cc1ccccc1)N(Cc1ccc(Cl)c(Cl)c1)C(=O)CN(c1ccc(Oc2ccccc2)cc1)S(=O)(=O)c1ccccc1. The predicted octanol–water partition coefficient (Wildman–Crippen LogP) is 7.37. The third-order valence-corrected chi connectivity index (χ3v) is 10.1. The van der Waals surface area contributed by atoms with E-state index in [0.717, 1.165) is 9.87 Å². The van der Waals surface area contributed by atoms with Crippen LogP contribution in [0.15, 0.2) is 138 Å². The lowest BCUT2D eigenvalue weighted by atomic mass is 10.0. The number of sulfonamides is 1. The number of carbonyl (C=O) groups excluding carboxylic acids is 2. The summed E-state index contributed by atoms with van der Waals surface area (Å²) >= 11 is 12.5. The Morgan fingerprint density at radius 3 is 1.92 bits per heavy atom. The molecule has 1 N–H and O–H groups in total. The maximum atomic E-state index is 14.5. The number of rotatable bonds is 13. The van der Waals surface area contributed by atoms with Gasteiger partial charge >= 0.3 is 0 Å². The summed E-state index contributed by atoms with van der Waals surface area (Å²) < 4.78 is 35.3. The Balaban J connectivity index is 1.54. The molecule has 5 aromatic carbocycles. The first-order valence-corrected chi connectivity index (χ1v) is 17.2. The van der Waals surface area contributed by atoms with Gasteiger partial charge in [0.15, 0.2) is 0 Å². The zero-order chi connectivity index (χ0) is 34.1. The number of nitrogens with one attached hydrogen (secondary N) is 1. The Hall–Kier alpha value is -4.83. The Morgan fingerprint density at radius 2 is 1.31 bits per heavy atom. The second-order valence-electron chi connectivity index (χ2n) is 10.8. The lowest BCUT2D eigenvalue weighted by molar-refractivity contribution is -0.139. The van der Waals surface area contributed by atoms with Crippen LogP contribution in [0.2, 0.25) is 10.0 Å². The summed E-state index contributed by atoms with van der Waals surface area (Å²) in [6.45, 7) is -0.635. The van der Waals surface area contributed by atoms with Crippen molar-refractivity contribution in [1.82, 2.24) is 10.2 Å². The average Bonchev–Trinajstić information content (AvgIpc) is 3.11. The molecule has 8 nitrogen and oxygen atoms in total. The molecule has 0 heterocycles. The number of ether oxygens (including phenoxy) is 1. The monoisotopic (exact) mass is 701 g/mol. The van der Waals surface area contributed by atoms with Crippen LogP contribution in [-0.4, -0.2) is 44.8 Å². The molecule has 11 heteroatoms. The van der Waals surface area contributed by atoms with Crippen LogP contribution in [-0.2, 0) is 32.6 Å². The normalized spacial score (nSPS) is 11.7. The molecule has 0 aliphatic rings. The number of carbonyl (C=O) groups is 2. The van der Waals surface area contributed by atoms with Gasteiger partial charge < -0.3 is 15.0 Å². The van der Waals surface area contributed by atoms with Crippen LogP contribution in [0.25, 0.3) is 0 Å². The van der Waals surface area contributed by atoms with Crippen molar-refractivity contribution in [3.63, 3.8) is 0 Å². The highest BCUT2D eigenvalue weighted by Gasteiger charge is 2.34. The Morgan fingerprint density at radius 1 is 0.729 bits per heavy atom. The molecule has 0 saturated carbocycles. The second kappa shape index (κ2) is 15.8. The van der Waals surface area contributed by atoms with E-state index in [9.17, 15) is 18.0 Å². The first-order chi connectivity index (χ1) is 23.2. The number of amides is 2. The maximum absolute atomic E-state index is 14.5. The molecule has 5 rings (SSSR count). The van der Waals surface area contributed by atoms with Crippen LogP contribution in [0.3, 0.4) is 0 Å². The van der Waals surface area contributed by atoms with E-state index in [4.69, 9.17) is 27.9 Å². The van der Waals surface area contributed by atoms with Crippen LogP contribution in [0.4, 0.5) is 5.69 Å². The van der Waals surface area contributed by atoms with Gasteiger partial charge in [0.2, 0.25) is 11.8 Å². The highest BCUT2D eigenvalue weighted by molar-refractivity contribution is 7.92. The van der Waals surface area contributed by atoms with E-state index >= 15 is 0 Å². The van der Waals surface area contributed by atoms with Crippen LogP contribution in [0.1, 0.15) is 11.1 Å². The fourth-order valence-corrected chi connectivity index (χ4v) is 6.86. The van der Waals surface area contributed by atoms with Crippen LogP contribution >= 0.6 is 23.2 Å². The van der Waals surface area contributed by atoms with Gasteiger partial charge in [0, 0.05) is 20.0 Å². The topological polar surface area (TPSA) is 96.0 Å². The van der Waals surface area contributed by atoms with Crippen molar-refractivity contribution in [2.45, 2.75) is 23.9 Å². The molecule has 0 radical (unpaired) electrons. The van der Waals surface area contributed by atoms with Gasteiger partial charge in [0.1, 0.15) is 24.1 Å². The van der Waals surface area contributed by atoms with Gasteiger partial charge in [-0.1, -0.05) is 96.0 Å². The summed E-state index contributed by atoms with van der Waals surface area (Å²) in [5.74, 6) is 0.0878. The first kappa shape index (κ1) is 34.5. The molecule has 0 saturated heterocycles. The van der Waals surface area contributed by atoms with Crippen LogP contribution < -0.4 is 14.4 Å². The third-order valence-electron chi connectivity index (χ3n) is 7.57. The molecule has 0 bridgehead atoms. The quantitative estimate of drug-likeness (QED) is 0.138. The van der Waals surface area contributed by atoms with Crippen LogP contribution in [0, 0.1) is 0 Å². The van der Waals surface area contributed by atoms with Gasteiger partial charge in [-0.3, -0.25) is 13.9 Å². The first-order valence-electron chi connectivity index (χ1n) is 15.1. The number of anilines is 1. The Kier molecular flexibility index (Phi) is 11.4. The van der Waals surface area contributed by atoms with Gasteiger partial charge in [-0.15, -0.1) is 0 Å². The summed E-state index contributed by atoms with van der Waals surface area (Å²) in [7, 11) is -2.75. The maximum Gasteiger partial charge on any atom is 0.264 e. The zero-order valence-electron chi connectivity index (χ0n) is 26.0. The summed E-state index contributed by atoms with van der Waals surface area (Å²) in [5, 5.41) is 3.29. The van der Waals surface area contributed by atoms with E-state index in [1.54, 1.807) is 72.8 Å². The van der Waals surface area contributed by atoms with Crippen molar-refractivity contribution in [2.24, 2.45) is 0 Å². The fourth-order valence-electron chi connectivity index (χ4n) is 5.11. The van der Waals surface area contributed by atoms with E-state index in [1.165, 1.54) is 24.1 Å². The number of nitrogens with zero attached hydrogens (tertiary/aromatic N) is 2. The summed E-state index contributed by atoms with van der Waals surface area (Å²) in [5.41, 5.74) is 1.67. The molecule has 0 aliphatic heterocycles. The molecule has 1 atom stereocenters. The third kappa shape index (κ3) is 8.55. The minimum atomic E-state index is -4.24. The predicted molar refractivity (Wildman–Crippen MR) is 189 cm³/mol. The molecule has 48 heavy (non-hydrogen) atoms. The van der Waals surface area contributed by atoms with Gasteiger partial charge in [-0.2, -0.15) is 0 Å². The molecule has 0 spiro atoms. The standard InChI is InChI=1S/C37H33Cl2N3O5S/c1-40-37(44)35(24-27-11-5-2-6-12-27)41(25-28-17-22-33(38)34(39)23-28)36(43)26-42(48(45,46)32-15-9-4-10-16-32)29-18-20-31(21-19-29)47-30-13-7-3-8-14-30/h2-23,35H,24-26H2,1H3,(H,40,44). The van der Waals surface area contributed by atoms with Gasteiger partial charge in [-0.25, -0.2) is 8.42 Å². The van der Waals surface area contributed by atoms with E-state index in [-0.39, 0.29) is 28.6 Å². The number of halogens is 2. The lowest BCUT2D eigenvalue weighted by Gasteiger charge is -2.33. The fraction of sp³-hybridized carbons (Fsp3) is 0.135. The number of benzene rings is 5. The molecule has 0 aliphatic carbocycles. The molecule has 0 fully saturated rings. The van der Waals surface area contributed by atoms with Gasteiger partial charge in [0.05, 0.1) is 20.6 Å². The number of hydrogen-bond acceptors (Lipinski definition) is 5. The lowest BCUT2D eigenvalue weighted by Crippen LogP contribution is -2.53. The summed E-state index contributed by atoms with van der Waals surface area (Å²) in [4.78, 5) is 29.3. The molecular weight excluding hydrogens is 669 g/mol. The van der Waals surface area contributed by atoms with Crippen molar-refractivity contribution in [2.75, 3.05) is 17.9 Å². The van der Waals surface area contributed by atoms with E-state index < -0.39 is 34.4 Å². The summed E-state index contributed by atoms with van der Waals surface area (Å²) in [6, 6.07) is 36.7. The minimum Gasteiger partial charge on any atom is -0.457 e. The van der Waals surface area contributed by atoms with Crippen molar-refractivity contribution in [1.29, 1.82) is 0 Å². The molecule has 2 amide bonds. The summed E-state index contributed by atoms with van der Waals surface area (Å²) in [6.07, 6.45) is 0.185. The van der Waals surface area contributed by atoms with E-state index in [1.807, 2.05) is 48.5 Å². The number of likely N-dealkylation sites (N-methyl/N-ethyl adjacent to an activating group) is 1. The number of hydrogen-bond donors (Lipinski definition) is 1. The van der Waals surface area contributed by atoms with Gasteiger partial charge in [0.25, 0.3) is 10.0 Å².